The highest BCUT2D eigenvalue weighted by Crippen LogP contribution is 2.51. The molecule has 2 rings (SSSR count). The molecule has 1 aromatic heterocycles. The van der Waals surface area contributed by atoms with Gasteiger partial charge in [-0.15, -0.1) is 0 Å². The lowest BCUT2D eigenvalue weighted by Crippen LogP contribution is -2.13. The number of hydrogen-bond acceptors (Lipinski definition) is 5. The van der Waals surface area contributed by atoms with Gasteiger partial charge in [-0.25, -0.2) is 0 Å². The van der Waals surface area contributed by atoms with Crippen LogP contribution in [0, 0.1) is 5.41 Å². The maximum Gasteiger partial charge on any atom is 0.306 e. The molecule has 1 aliphatic rings. The molecule has 5 heteroatoms. The molecule has 1 heterocycles. The highest BCUT2D eigenvalue weighted by molar-refractivity contribution is 7.98. The maximum atomic E-state index is 11.2. The van der Waals surface area contributed by atoms with Crippen LogP contribution in [0.2, 0.25) is 0 Å². The van der Waals surface area contributed by atoms with E-state index in [0.717, 1.165) is 30.1 Å². The van der Waals surface area contributed by atoms with Crippen LogP contribution in [0.1, 0.15) is 25.0 Å². The van der Waals surface area contributed by atoms with Gasteiger partial charge in [0.15, 0.2) is 0 Å². The predicted molar refractivity (Wildman–Crippen MR) is 61.0 cm³/mol. The van der Waals surface area contributed by atoms with Crippen molar-refractivity contribution in [2.75, 3.05) is 12.9 Å². The van der Waals surface area contributed by atoms with E-state index in [0.29, 0.717) is 6.42 Å². The minimum absolute atomic E-state index is 0.0993. The number of hydrogen-bond donors (Lipinski definition) is 0. The second kappa shape index (κ2) is 4.91. The molecule has 0 unspecified atom stereocenters. The number of thioether (sulfide) groups is 1. The molecule has 1 aromatic rings. The molecule has 0 radical (unpaired) electrons. The summed E-state index contributed by atoms with van der Waals surface area (Å²) in [5, 5.41) is 3.65. The topological polar surface area (TPSA) is 52.3 Å². The van der Waals surface area contributed by atoms with E-state index in [1.165, 1.54) is 7.11 Å². The Bertz CT molecular complexity index is 346. The zero-order valence-corrected chi connectivity index (χ0v) is 10.1. The van der Waals surface area contributed by atoms with Gasteiger partial charge in [0, 0.05) is 6.07 Å². The van der Waals surface area contributed by atoms with E-state index in [4.69, 9.17) is 9.26 Å². The van der Waals surface area contributed by atoms with Crippen LogP contribution < -0.4 is 0 Å². The summed E-state index contributed by atoms with van der Waals surface area (Å²) in [6.07, 6.45) is 4.46. The average Bonchev–Trinajstić information content (AvgIpc) is 2.83. The molecule has 1 saturated carbocycles. The lowest BCUT2D eigenvalue weighted by Gasteiger charge is -2.12. The second-order valence-corrected chi connectivity index (χ2v) is 5.21. The minimum Gasteiger partial charge on any atom is -0.469 e. The molecule has 16 heavy (non-hydrogen) atoms. The Balaban J connectivity index is 1.71. The van der Waals surface area contributed by atoms with Gasteiger partial charge in [-0.2, -0.15) is 11.8 Å². The van der Waals surface area contributed by atoms with Crippen molar-refractivity contribution in [2.45, 2.75) is 25.0 Å². The fraction of sp³-hybridized carbons (Fsp3) is 0.636. The summed E-state index contributed by atoms with van der Waals surface area (Å²) in [7, 11) is 1.44. The molecule has 0 spiro atoms. The van der Waals surface area contributed by atoms with Crippen molar-refractivity contribution in [3.8, 4) is 0 Å². The van der Waals surface area contributed by atoms with Gasteiger partial charge in [0.05, 0.1) is 25.5 Å². The van der Waals surface area contributed by atoms with E-state index in [9.17, 15) is 4.79 Å². The lowest BCUT2D eigenvalue weighted by atomic mass is 10.1. The van der Waals surface area contributed by atoms with E-state index >= 15 is 0 Å². The van der Waals surface area contributed by atoms with Crippen LogP contribution >= 0.6 is 11.8 Å². The SMILES string of the molecule is COC(=O)CC1(CSCc2ccno2)CC1. The Labute approximate surface area is 98.7 Å². The number of nitrogens with zero attached hydrogens (tertiary/aromatic N) is 1. The van der Waals surface area contributed by atoms with Crippen LogP contribution in [-0.2, 0) is 15.3 Å². The van der Waals surface area contributed by atoms with Crippen LogP contribution in [0.15, 0.2) is 16.8 Å². The number of aromatic nitrogens is 1. The molecule has 0 aromatic carbocycles. The van der Waals surface area contributed by atoms with Crippen molar-refractivity contribution in [1.29, 1.82) is 0 Å². The van der Waals surface area contributed by atoms with Crippen molar-refractivity contribution in [1.82, 2.24) is 5.16 Å². The third kappa shape index (κ3) is 3.01. The second-order valence-electron chi connectivity index (χ2n) is 4.22. The Morgan fingerprint density at radius 3 is 3.06 bits per heavy atom. The third-order valence-electron chi connectivity index (χ3n) is 2.85. The number of carbonyl (C=O) groups excluding carboxylic acids is 1. The summed E-state index contributed by atoms with van der Waals surface area (Å²) in [6.45, 7) is 0. The van der Waals surface area contributed by atoms with Crippen LogP contribution in [0.3, 0.4) is 0 Å². The lowest BCUT2D eigenvalue weighted by molar-refractivity contribution is -0.141. The quantitative estimate of drug-likeness (QED) is 0.715. The first-order chi connectivity index (χ1) is 7.74. The monoisotopic (exact) mass is 241 g/mol. The summed E-state index contributed by atoms with van der Waals surface area (Å²) in [5.41, 5.74) is 0.192. The average molecular weight is 241 g/mol. The molecule has 1 aliphatic carbocycles. The van der Waals surface area contributed by atoms with Crippen LogP contribution in [0.5, 0.6) is 0 Å². The Hall–Kier alpha value is -0.970. The maximum absolute atomic E-state index is 11.2. The number of esters is 1. The molecule has 0 amide bonds. The molecule has 0 saturated heterocycles. The van der Waals surface area contributed by atoms with Crippen LogP contribution in [-0.4, -0.2) is 24.0 Å². The fourth-order valence-corrected chi connectivity index (χ4v) is 2.89. The molecule has 4 nitrogen and oxygen atoms in total. The first-order valence-corrected chi connectivity index (χ1v) is 6.44. The Kier molecular flexibility index (Phi) is 3.53. The molecule has 0 aliphatic heterocycles. The largest absolute Gasteiger partial charge is 0.469 e. The molecule has 0 bridgehead atoms. The third-order valence-corrected chi connectivity index (χ3v) is 4.15. The van der Waals surface area contributed by atoms with Crippen molar-refractivity contribution in [3.05, 3.63) is 18.0 Å². The van der Waals surface area contributed by atoms with E-state index < -0.39 is 0 Å². The molecule has 88 valence electrons. The van der Waals surface area contributed by atoms with E-state index in [-0.39, 0.29) is 11.4 Å². The zero-order chi connectivity index (χ0) is 11.4. The van der Waals surface area contributed by atoms with Gasteiger partial charge < -0.3 is 9.26 Å². The zero-order valence-electron chi connectivity index (χ0n) is 9.27. The van der Waals surface area contributed by atoms with Gasteiger partial charge in [-0.3, -0.25) is 4.79 Å². The van der Waals surface area contributed by atoms with E-state index in [1.54, 1.807) is 18.0 Å². The van der Waals surface area contributed by atoms with Crippen molar-refractivity contribution in [3.63, 3.8) is 0 Å². The molecule has 1 fully saturated rings. The van der Waals surface area contributed by atoms with E-state index in [1.807, 2.05) is 6.07 Å². The Morgan fingerprint density at radius 2 is 2.50 bits per heavy atom. The van der Waals surface area contributed by atoms with Crippen molar-refractivity contribution < 1.29 is 14.1 Å². The van der Waals surface area contributed by atoms with Crippen LogP contribution in [0.4, 0.5) is 0 Å². The first kappa shape index (κ1) is 11.5. The molecule has 0 atom stereocenters. The number of ether oxygens (including phenoxy) is 1. The number of carbonyl (C=O) groups is 1. The molecular weight excluding hydrogens is 226 g/mol. The van der Waals surface area contributed by atoms with Gasteiger partial charge >= 0.3 is 5.97 Å². The van der Waals surface area contributed by atoms with Crippen molar-refractivity contribution >= 4 is 17.7 Å². The minimum atomic E-state index is -0.0993. The highest BCUT2D eigenvalue weighted by atomic mass is 32.2. The normalized spacial score (nSPS) is 17.1. The smallest absolute Gasteiger partial charge is 0.306 e. The van der Waals surface area contributed by atoms with Crippen LogP contribution in [0.25, 0.3) is 0 Å². The summed E-state index contributed by atoms with van der Waals surface area (Å²) >= 11 is 1.79. The molecular formula is C11H15NO3S. The van der Waals surface area contributed by atoms with Gasteiger partial charge in [-0.05, 0) is 24.0 Å². The number of methoxy groups -OCH3 is 1. The highest BCUT2D eigenvalue weighted by Gasteiger charge is 2.44. The summed E-state index contributed by atoms with van der Waals surface area (Å²) in [4.78, 5) is 11.2. The first-order valence-electron chi connectivity index (χ1n) is 5.28. The van der Waals surface area contributed by atoms with E-state index in [2.05, 4.69) is 5.16 Å². The van der Waals surface area contributed by atoms with Gasteiger partial charge in [0.2, 0.25) is 0 Å². The predicted octanol–water partition coefficient (Wildman–Crippen LogP) is 2.25. The number of rotatable bonds is 6. The standard InChI is InChI=1S/C11H15NO3S/c1-14-10(13)6-11(3-4-11)8-16-7-9-2-5-12-15-9/h2,5H,3-4,6-8H2,1H3. The summed E-state index contributed by atoms with van der Waals surface area (Å²) < 4.78 is 9.71. The molecule has 0 N–H and O–H groups in total. The van der Waals surface area contributed by atoms with Gasteiger partial charge in [0.25, 0.3) is 0 Å². The Morgan fingerprint density at radius 1 is 1.69 bits per heavy atom. The van der Waals surface area contributed by atoms with Gasteiger partial charge in [0.1, 0.15) is 5.76 Å². The summed E-state index contributed by atoms with van der Waals surface area (Å²) in [6, 6.07) is 1.87. The summed E-state index contributed by atoms with van der Waals surface area (Å²) in [5.74, 6) is 2.60. The van der Waals surface area contributed by atoms with Crippen molar-refractivity contribution in [2.24, 2.45) is 5.41 Å². The van der Waals surface area contributed by atoms with Gasteiger partial charge in [-0.1, -0.05) is 5.16 Å². The fourth-order valence-electron chi connectivity index (χ4n) is 1.61.